The quantitative estimate of drug-likeness (QED) is 0.745. The highest BCUT2D eigenvalue weighted by Gasteiger charge is 2.29. The molecule has 0 atom stereocenters. The molecule has 0 bridgehead atoms. The molecule has 1 aliphatic heterocycles. The number of carboxylic acid groups (broad SMARTS) is 1. The van der Waals surface area contributed by atoms with Crippen molar-refractivity contribution in [1.82, 2.24) is 9.62 Å². The lowest BCUT2D eigenvalue weighted by Gasteiger charge is -2.30. The van der Waals surface area contributed by atoms with Crippen molar-refractivity contribution >= 4 is 16.0 Å². The Morgan fingerprint density at radius 1 is 1.33 bits per heavy atom. The number of sulfonamides is 1. The van der Waals surface area contributed by atoms with Crippen LogP contribution in [0.15, 0.2) is 23.1 Å². The maximum atomic E-state index is 12.5. The van der Waals surface area contributed by atoms with Crippen molar-refractivity contribution in [2.75, 3.05) is 20.1 Å². The van der Waals surface area contributed by atoms with Gasteiger partial charge in [0.2, 0.25) is 10.0 Å². The second kappa shape index (κ2) is 6.00. The molecule has 21 heavy (non-hydrogen) atoms. The number of carboxylic acids is 1. The Hall–Kier alpha value is -1.64. The molecule has 116 valence electrons. The van der Waals surface area contributed by atoms with Crippen LogP contribution in [-0.2, 0) is 10.0 Å². The van der Waals surface area contributed by atoms with Crippen LogP contribution in [-0.4, -0.2) is 55.1 Å². The molecule has 0 aromatic heterocycles. The summed E-state index contributed by atoms with van der Waals surface area (Å²) in [5, 5.41) is 21.6. The van der Waals surface area contributed by atoms with Gasteiger partial charge in [-0.15, -0.1) is 0 Å². The molecule has 1 aromatic carbocycles. The molecule has 1 fully saturated rings. The highest BCUT2D eigenvalue weighted by Crippen LogP contribution is 2.25. The molecule has 1 aromatic rings. The number of phenols is 1. The zero-order valence-corrected chi connectivity index (χ0v) is 12.4. The SMILES string of the molecule is CN(C1CCNCC1)S(=O)(=O)c1ccc(O)c(C(=O)O)c1. The minimum Gasteiger partial charge on any atom is -0.507 e. The van der Waals surface area contributed by atoms with E-state index in [4.69, 9.17) is 5.11 Å². The van der Waals surface area contributed by atoms with Crippen LogP contribution in [0.25, 0.3) is 0 Å². The van der Waals surface area contributed by atoms with Crippen molar-refractivity contribution in [1.29, 1.82) is 0 Å². The fraction of sp³-hybridized carbons (Fsp3) is 0.462. The zero-order chi connectivity index (χ0) is 15.6. The van der Waals surface area contributed by atoms with Gasteiger partial charge in [0.15, 0.2) is 0 Å². The monoisotopic (exact) mass is 314 g/mol. The predicted octanol–water partition coefficient (Wildman–Crippen LogP) is 0.463. The molecule has 0 aliphatic carbocycles. The number of rotatable bonds is 4. The lowest BCUT2D eigenvalue weighted by molar-refractivity contribution is 0.0693. The van der Waals surface area contributed by atoms with Crippen LogP contribution in [0.5, 0.6) is 5.75 Å². The van der Waals surface area contributed by atoms with E-state index in [1.54, 1.807) is 0 Å². The fourth-order valence-corrected chi connectivity index (χ4v) is 3.82. The van der Waals surface area contributed by atoms with Crippen LogP contribution in [0.1, 0.15) is 23.2 Å². The van der Waals surface area contributed by atoms with Gasteiger partial charge in [0.1, 0.15) is 11.3 Å². The van der Waals surface area contributed by atoms with Crippen LogP contribution in [0.4, 0.5) is 0 Å². The summed E-state index contributed by atoms with van der Waals surface area (Å²) >= 11 is 0. The van der Waals surface area contributed by atoms with Gasteiger partial charge in [0.05, 0.1) is 4.90 Å². The first-order valence-corrected chi connectivity index (χ1v) is 8.03. The highest BCUT2D eigenvalue weighted by atomic mass is 32.2. The Balaban J connectivity index is 2.34. The molecule has 0 saturated carbocycles. The Morgan fingerprint density at radius 2 is 1.95 bits per heavy atom. The smallest absolute Gasteiger partial charge is 0.339 e. The van der Waals surface area contributed by atoms with Gasteiger partial charge in [0.25, 0.3) is 0 Å². The van der Waals surface area contributed by atoms with Crippen LogP contribution in [0.2, 0.25) is 0 Å². The number of aromatic carboxylic acids is 1. The average molecular weight is 314 g/mol. The molecule has 0 spiro atoms. The summed E-state index contributed by atoms with van der Waals surface area (Å²) in [7, 11) is -2.28. The maximum absolute atomic E-state index is 12.5. The number of hydrogen-bond acceptors (Lipinski definition) is 5. The molecule has 0 radical (unpaired) electrons. The maximum Gasteiger partial charge on any atom is 0.339 e. The summed E-state index contributed by atoms with van der Waals surface area (Å²) < 4.78 is 26.4. The van der Waals surface area contributed by atoms with Gasteiger partial charge in [-0.3, -0.25) is 0 Å². The van der Waals surface area contributed by atoms with E-state index in [0.29, 0.717) is 12.8 Å². The molecular formula is C13H18N2O5S. The number of benzene rings is 1. The number of aromatic hydroxyl groups is 1. The topological polar surface area (TPSA) is 107 Å². The lowest BCUT2D eigenvalue weighted by atomic mass is 10.1. The Morgan fingerprint density at radius 3 is 2.52 bits per heavy atom. The van der Waals surface area contributed by atoms with Crippen molar-refractivity contribution in [3.05, 3.63) is 23.8 Å². The first-order chi connectivity index (χ1) is 9.84. The molecule has 1 aliphatic rings. The van der Waals surface area contributed by atoms with Gasteiger partial charge in [-0.2, -0.15) is 4.31 Å². The van der Waals surface area contributed by atoms with E-state index in [2.05, 4.69) is 5.32 Å². The third kappa shape index (κ3) is 3.17. The van der Waals surface area contributed by atoms with E-state index in [-0.39, 0.29) is 10.9 Å². The van der Waals surface area contributed by atoms with Crippen LogP contribution >= 0.6 is 0 Å². The summed E-state index contributed by atoms with van der Waals surface area (Å²) in [5.41, 5.74) is -0.421. The van der Waals surface area contributed by atoms with E-state index >= 15 is 0 Å². The Kier molecular flexibility index (Phi) is 4.50. The minimum absolute atomic E-state index is 0.113. The molecule has 0 amide bonds. The Bertz CT molecular complexity index is 638. The van der Waals surface area contributed by atoms with Gasteiger partial charge < -0.3 is 15.5 Å². The van der Waals surface area contributed by atoms with Gasteiger partial charge in [-0.1, -0.05) is 0 Å². The van der Waals surface area contributed by atoms with Crippen molar-refractivity contribution < 1.29 is 23.4 Å². The van der Waals surface area contributed by atoms with Crippen molar-refractivity contribution in [2.24, 2.45) is 0 Å². The van der Waals surface area contributed by atoms with Crippen molar-refractivity contribution in [3.8, 4) is 5.75 Å². The Labute approximate surface area is 123 Å². The number of carbonyl (C=O) groups is 1. The molecule has 3 N–H and O–H groups in total. The largest absolute Gasteiger partial charge is 0.507 e. The highest BCUT2D eigenvalue weighted by molar-refractivity contribution is 7.89. The number of hydrogen-bond donors (Lipinski definition) is 3. The molecule has 2 rings (SSSR count). The summed E-state index contributed by atoms with van der Waals surface area (Å²) in [5.74, 6) is -1.82. The van der Waals surface area contributed by atoms with E-state index in [1.165, 1.54) is 17.4 Å². The molecular weight excluding hydrogens is 296 g/mol. The van der Waals surface area contributed by atoms with E-state index < -0.39 is 27.3 Å². The fourth-order valence-electron chi connectivity index (χ4n) is 2.38. The summed E-state index contributed by atoms with van der Waals surface area (Å²) in [6.45, 7) is 1.50. The lowest BCUT2D eigenvalue weighted by Crippen LogP contribution is -2.43. The average Bonchev–Trinajstić information content (AvgIpc) is 2.47. The third-order valence-electron chi connectivity index (χ3n) is 3.70. The zero-order valence-electron chi connectivity index (χ0n) is 11.6. The predicted molar refractivity (Wildman–Crippen MR) is 75.9 cm³/mol. The van der Waals surface area contributed by atoms with Gasteiger partial charge >= 0.3 is 5.97 Å². The van der Waals surface area contributed by atoms with Gasteiger partial charge in [-0.25, -0.2) is 13.2 Å². The van der Waals surface area contributed by atoms with E-state index in [1.807, 2.05) is 0 Å². The summed E-state index contributed by atoms with van der Waals surface area (Å²) in [4.78, 5) is 10.9. The second-order valence-corrected chi connectivity index (χ2v) is 6.98. The minimum atomic E-state index is -3.78. The van der Waals surface area contributed by atoms with Crippen LogP contribution in [0, 0.1) is 0 Å². The normalized spacial score (nSPS) is 17.0. The van der Waals surface area contributed by atoms with Crippen molar-refractivity contribution in [2.45, 2.75) is 23.8 Å². The number of nitrogens with one attached hydrogen (secondary N) is 1. The van der Waals surface area contributed by atoms with E-state index in [0.717, 1.165) is 25.2 Å². The number of piperidine rings is 1. The number of nitrogens with zero attached hydrogens (tertiary/aromatic N) is 1. The second-order valence-electron chi connectivity index (χ2n) is 4.99. The first-order valence-electron chi connectivity index (χ1n) is 6.59. The first kappa shape index (κ1) is 15.7. The van der Waals surface area contributed by atoms with Crippen LogP contribution in [0.3, 0.4) is 0 Å². The van der Waals surface area contributed by atoms with E-state index in [9.17, 15) is 18.3 Å². The molecule has 8 heteroatoms. The summed E-state index contributed by atoms with van der Waals surface area (Å²) in [6, 6.07) is 3.18. The molecule has 1 heterocycles. The van der Waals surface area contributed by atoms with Gasteiger partial charge in [0, 0.05) is 13.1 Å². The third-order valence-corrected chi connectivity index (χ3v) is 5.60. The van der Waals surface area contributed by atoms with Gasteiger partial charge in [-0.05, 0) is 44.1 Å². The summed E-state index contributed by atoms with van der Waals surface area (Å²) in [6.07, 6.45) is 1.42. The molecule has 0 unspecified atom stereocenters. The molecule has 7 nitrogen and oxygen atoms in total. The van der Waals surface area contributed by atoms with Crippen LogP contribution < -0.4 is 5.32 Å². The van der Waals surface area contributed by atoms with Crippen molar-refractivity contribution in [3.63, 3.8) is 0 Å². The molecule has 1 saturated heterocycles. The standard InChI is InChI=1S/C13H18N2O5S/c1-15(9-4-6-14-7-5-9)21(19,20)10-2-3-12(16)11(8-10)13(17)18/h2-3,8-9,14,16H,4-7H2,1H3,(H,17,18).